The van der Waals surface area contributed by atoms with Crippen molar-refractivity contribution in [2.24, 2.45) is 0 Å². The number of halogens is 3. The van der Waals surface area contributed by atoms with Gasteiger partial charge in [0.25, 0.3) is 5.91 Å². The summed E-state index contributed by atoms with van der Waals surface area (Å²) >= 11 is 5.71. The predicted molar refractivity (Wildman–Crippen MR) is 209 cm³/mol. The van der Waals surface area contributed by atoms with Crippen molar-refractivity contribution in [1.29, 1.82) is 5.26 Å². The van der Waals surface area contributed by atoms with Gasteiger partial charge in [-0.2, -0.15) is 18.4 Å². The zero-order valence-corrected chi connectivity index (χ0v) is 33.2. The fourth-order valence-electron chi connectivity index (χ4n) is 8.40. The number of benzene rings is 1. The molecule has 3 atom stereocenters. The van der Waals surface area contributed by atoms with Crippen LogP contribution in [0.25, 0.3) is 0 Å². The molecule has 0 bridgehead atoms. The standard InChI is InChI=1S/C39H48F3N9O5S/c1-23-20-48(21-24(2)49(23)22-34(53)46-26-7-5-6-25(16-26)45-31-12-13-33(52)47-35(31)54)14-15-56-29-10-8-27(9-11-29)51-37(57)50(36(55)38(51,3)4)28-17-30(39(40,41)42)32(18-43)44-19-28/h5-7,16-17,19,23-24,27,29,31,45H,8-15,20-22H2,1-4H3,(H,46,53)(H,47,52,54)/t23-,24+,27?,29?,31?. The smallest absolute Gasteiger partial charge is 0.377 e. The van der Waals surface area contributed by atoms with Crippen LogP contribution in [0.2, 0.25) is 0 Å². The first kappa shape index (κ1) is 41.9. The summed E-state index contributed by atoms with van der Waals surface area (Å²) in [7, 11) is 0. The summed E-state index contributed by atoms with van der Waals surface area (Å²) in [5.41, 5.74) is -1.94. The van der Waals surface area contributed by atoms with Crippen molar-refractivity contribution in [2.45, 2.75) is 108 Å². The van der Waals surface area contributed by atoms with Crippen molar-refractivity contribution in [2.75, 3.05) is 48.3 Å². The lowest BCUT2D eigenvalue weighted by molar-refractivity contribution is -0.138. The van der Waals surface area contributed by atoms with Gasteiger partial charge in [-0.3, -0.25) is 39.2 Å². The van der Waals surface area contributed by atoms with E-state index in [9.17, 15) is 32.3 Å². The number of carbonyl (C=O) groups is 4. The summed E-state index contributed by atoms with van der Waals surface area (Å²) in [4.78, 5) is 61.5. The normalized spacial score (nSPS) is 26.0. The van der Waals surface area contributed by atoms with Gasteiger partial charge in [0.15, 0.2) is 10.8 Å². The number of amides is 4. The Morgan fingerprint density at radius 2 is 1.75 bits per heavy atom. The van der Waals surface area contributed by atoms with E-state index in [0.717, 1.165) is 49.6 Å². The Morgan fingerprint density at radius 3 is 2.40 bits per heavy atom. The minimum absolute atomic E-state index is 0.0157. The lowest BCUT2D eigenvalue weighted by Crippen LogP contribution is -2.58. The topological polar surface area (TPSA) is 163 Å². The highest BCUT2D eigenvalue weighted by Gasteiger charge is 2.53. The maximum Gasteiger partial charge on any atom is 0.419 e. The molecule has 14 nitrogen and oxygen atoms in total. The highest BCUT2D eigenvalue weighted by atomic mass is 32.1. The Balaban J connectivity index is 0.943. The molecule has 3 aliphatic heterocycles. The van der Waals surface area contributed by atoms with Crippen molar-refractivity contribution in [3.8, 4) is 6.07 Å². The first-order valence-electron chi connectivity index (χ1n) is 19.2. The Kier molecular flexibility index (Phi) is 12.5. The number of carbonyl (C=O) groups excluding carboxylic acids is 4. The van der Waals surface area contributed by atoms with E-state index in [-0.39, 0.29) is 65.7 Å². The zero-order chi connectivity index (χ0) is 41.2. The minimum atomic E-state index is -4.83. The third-order valence-corrected chi connectivity index (χ3v) is 11.6. The predicted octanol–water partition coefficient (Wildman–Crippen LogP) is 4.26. The molecule has 4 amide bonds. The molecule has 1 aromatic carbocycles. The Hall–Kier alpha value is -4.70. The van der Waals surface area contributed by atoms with Crippen molar-refractivity contribution < 1.29 is 37.1 Å². The monoisotopic (exact) mass is 811 g/mol. The van der Waals surface area contributed by atoms with Gasteiger partial charge >= 0.3 is 6.18 Å². The molecule has 6 rings (SSSR count). The van der Waals surface area contributed by atoms with Crippen LogP contribution in [0.1, 0.15) is 77.5 Å². The second kappa shape index (κ2) is 17.0. The molecule has 3 N–H and O–H groups in total. The van der Waals surface area contributed by atoms with Gasteiger partial charge in [-0.1, -0.05) is 6.07 Å². The number of hydrogen-bond acceptors (Lipinski definition) is 11. The van der Waals surface area contributed by atoms with E-state index in [1.165, 1.54) is 6.07 Å². The molecule has 1 aromatic heterocycles. The van der Waals surface area contributed by atoms with Gasteiger partial charge in [0.2, 0.25) is 17.7 Å². The van der Waals surface area contributed by atoms with Gasteiger partial charge in [0.1, 0.15) is 17.6 Å². The van der Waals surface area contributed by atoms with Crippen molar-refractivity contribution in [1.82, 2.24) is 25.0 Å². The van der Waals surface area contributed by atoms with Crippen LogP contribution in [0.15, 0.2) is 36.5 Å². The molecule has 4 aliphatic rings. The van der Waals surface area contributed by atoms with Gasteiger partial charge in [0, 0.05) is 55.6 Å². The molecule has 4 heterocycles. The number of rotatable bonds is 11. The number of nitriles is 1. The van der Waals surface area contributed by atoms with E-state index in [2.05, 4.69) is 44.6 Å². The average molecular weight is 812 g/mol. The molecule has 1 aliphatic carbocycles. The van der Waals surface area contributed by atoms with E-state index in [1.54, 1.807) is 38.1 Å². The zero-order valence-electron chi connectivity index (χ0n) is 32.4. The van der Waals surface area contributed by atoms with Gasteiger partial charge in [-0.05, 0) is 96.3 Å². The van der Waals surface area contributed by atoms with Crippen molar-refractivity contribution in [3.63, 3.8) is 0 Å². The Labute approximate surface area is 335 Å². The number of piperidine rings is 1. The highest BCUT2D eigenvalue weighted by Crippen LogP contribution is 2.40. The molecular weight excluding hydrogens is 764 g/mol. The molecule has 306 valence electrons. The summed E-state index contributed by atoms with van der Waals surface area (Å²) in [6, 6.07) is 8.97. The van der Waals surface area contributed by atoms with Crippen molar-refractivity contribution in [3.05, 3.63) is 47.8 Å². The minimum Gasteiger partial charge on any atom is -0.377 e. The molecule has 1 saturated carbocycles. The lowest BCUT2D eigenvalue weighted by Gasteiger charge is -2.44. The second-order valence-electron chi connectivity index (χ2n) is 15.8. The molecule has 18 heteroatoms. The number of thiocarbonyl (C=S) groups is 1. The fraction of sp³-hybridized carbons (Fsp3) is 0.564. The van der Waals surface area contributed by atoms with E-state index < -0.39 is 34.9 Å². The van der Waals surface area contributed by atoms with Crippen LogP contribution in [0, 0.1) is 11.3 Å². The largest absolute Gasteiger partial charge is 0.419 e. The molecule has 57 heavy (non-hydrogen) atoms. The Bertz CT molecular complexity index is 1920. The van der Waals surface area contributed by atoms with Crippen LogP contribution >= 0.6 is 12.2 Å². The van der Waals surface area contributed by atoms with Crippen LogP contribution in [0.5, 0.6) is 0 Å². The van der Waals surface area contributed by atoms with Crippen molar-refractivity contribution >= 4 is 58.0 Å². The fourth-order valence-corrected chi connectivity index (χ4v) is 8.96. The molecule has 0 radical (unpaired) electrons. The Morgan fingerprint density at radius 1 is 1.07 bits per heavy atom. The van der Waals surface area contributed by atoms with Gasteiger partial charge in [-0.15, -0.1) is 0 Å². The lowest BCUT2D eigenvalue weighted by atomic mass is 9.89. The third-order valence-electron chi connectivity index (χ3n) is 11.3. The van der Waals surface area contributed by atoms with Gasteiger partial charge in [0.05, 0.1) is 36.7 Å². The second-order valence-corrected chi connectivity index (χ2v) is 16.1. The SMILES string of the molecule is C[C@@H]1CN(CCOC2CCC(N3C(=S)N(c4cnc(C#N)c(C(F)(F)F)c4)C(=O)C3(C)C)CC2)C[C@H](C)N1CC(=O)Nc1cccc(NC2CCC(=O)NC2=O)c1. The number of anilines is 3. The number of nitrogens with one attached hydrogen (secondary N) is 3. The number of aromatic nitrogens is 1. The summed E-state index contributed by atoms with van der Waals surface area (Å²) < 4.78 is 47.4. The molecular formula is C39H48F3N9O5S. The third kappa shape index (κ3) is 9.38. The first-order valence-corrected chi connectivity index (χ1v) is 19.6. The molecule has 3 saturated heterocycles. The molecule has 4 fully saturated rings. The number of nitrogens with zero attached hydrogens (tertiary/aromatic N) is 6. The molecule has 2 aromatic rings. The maximum atomic E-state index is 13.7. The van der Waals surface area contributed by atoms with Gasteiger partial charge in [-0.25, -0.2) is 4.98 Å². The number of imide groups is 1. The van der Waals surface area contributed by atoms with Crippen LogP contribution in [0.4, 0.5) is 30.2 Å². The van der Waals surface area contributed by atoms with Crippen LogP contribution in [-0.4, -0.2) is 117 Å². The summed E-state index contributed by atoms with van der Waals surface area (Å²) in [6.45, 7) is 10.7. The van der Waals surface area contributed by atoms with E-state index >= 15 is 0 Å². The average Bonchev–Trinajstić information content (AvgIpc) is 3.32. The van der Waals surface area contributed by atoms with E-state index in [4.69, 9.17) is 22.2 Å². The van der Waals surface area contributed by atoms with Crippen LogP contribution < -0.4 is 20.9 Å². The van der Waals surface area contributed by atoms with E-state index in [0.29, 0.717) is 37.2 Å². The number of ether oxygens (including phenoxy) is 1. The maximum absolute atomic E-state index is 13.7. The summed E-state index contributed by atoms with van der Waals surface area (Å²) in [6.07, 6.45) is -0.230. The summed E-state index contributed by atoms with van der Waals surface area (Å²) in [5, 5.41) is 17.7. The highest BCUT2D eigenvalue weighted by molar-refractivity contribution is 7.80. The van der Waals surface area contributed by atoms with Gasteiger partial charge < -0.3 is 20.3 Å². The van der Waals surface area contributed by atoms with Crippen LogP contribution in [-0.2, 0) is 30.1 Å². The van der Waals surface area contributed by atoms with E-state index in [1.807, 2.05) is 4.90 Å². The van der Waals surface area contributed by atoms with Crippen LogP contribution in [0.3, 0.4) is 0 Å². The number of pyridine rings is 1. The number of alkyl halides is 3. The number of hydrogen-bond donors (Lipinski definition) is 3. The number of piperazine rings is 1. The quantitative estimate of drug-likeness (QED) is 0.219. The summed E-state index contributed by atoms with van der Waals surface area (Å²) in [5.74, 6) is -1.24. The molecule has 0 spiro atoms. The first-order chi connectivity index (χ1) is 27.0. The molecule has 1 unspecified atom stereocenters.